The molecule has 0 radical (unpaired) electrons. The Hall–Kier alpha value is -3.30. The van der Waals surface area contributed by atoms with E-state index in [0.717, 1.165) is 23.6 Å². The Kier molecular flexibility index (Phi) is 10.8. The molecule has 0 heterocycles. The number of hydrogen-bond acceptors (Lipinski definition) is 9. The van der Waals surface area contributed by atoms with Crippen molar-refractivity contribution < 1.29 is 24.0 Å². The zero-order chi connectivity index (χ0) is 27.6. The van der Waals surface area contributed by atoms with Crippen molar-refractivity contribution in [3.8, 4) is 0 Å². The van der Waals surface area contributed by atoms with Crippen molar-refractivity contribution in [2.24, 2.45) is 10.8 Å². The number of likely N-dealkylation sites (N-methyl/N-ethyl adjacent to an activating group) is 1. The van der Waals surface area contributed by atoms with E-state index in [9.17, 15) is 19.7 Å². The van der Waals surface area contributed by atoms with Crippen LogP contribution in [0.2, 0.25) is 0 Å². The summed E-state index contributed by atoms with van der Waals surface area (Å²) in [4.78, 5) is 37.8. The average Bonchev–Trinajstić information content (AvgIpc) is 2.89. The first-order chi connectivity index (χ1) is 17.5. The molecule has 1 aromatic rings. The molecule has 0 saturated carbocycles. The highest BCUT2D eigenvalue weighted by Gasteiger charge is 2.42. The molecular weight excluding hydrogens is 476 g/mol. The number of ether oxygens (including phenoxy) is 2. The molecule has 10 heteroatoms. The molecule has 2 atom stereocenters. The van der Waals surface area contributed by atoms with Gasteiger partial charge in [0.2, 0.25) is 6.04 Å². The van der Waals surface area contributed by atoms with E-state index in [4.69, 9.17) is 9.47 Å². The van der Waals surface area contributed by atoms with Gasteiger partial charge >= 0.3 is 11.9 Å². The van der Waals surface area contributed by atoms with Crippen LogP contribution in [0.1, 0.15) is 66.7 Å². The maximum atomic E-state index is 12.8. The number of rotatable bonds is 14. The maximum absolute atomic E-state index is 12.8. The number of esters is 2. The van der Waals surface area contributed by atoms with Gasteiger partial charge in [-0.05, 0) is 71.2 Å². The first kappa shape index (κ1) is 29.9. The van der Waals surface area contributed by atoms with Gasteiger partial charge in [-0.2, -0.15) is 0 Å². The fraction of sp³-hybridized carbons (Fsp3) is 0.630. The topological polar surface area (TPSA) is 123 Å². The molecule has 2 unspecified atom stereocenters. The fourth-order valence-corrected chi connectivity index (χ4v) is 4.58. The summed E-state index contributed by atoms with van der Waals surface area (Å²) < 4.78 is 10.6. The largest absolute Gasteiger partial charge is 0.469 e. The van der Waals surface area contributed by atoms with Gasteiger partial charge in [-0.25, -0.2) is 0 Å². The van der Waals surface area contributed by atoms with Crippen LogP contribution in [0, 0.1) is 20.9 Å². The minimum Gasteiger partial charge on any atom is -0.469 e. The Balaban J connectivity index is 1.86. The van der Waals surface area contributed by atoms with Crippen LogP contribution in [0.25, 0.3) is 0 Å². The smallest absolute Gasteiger partial charge is 0.311 e. The SMILES string of the molecule is CCN(CCOC(=O)C(C)(C)CC(C)(CC)C(=O)OC)c1ccc(NNC2=CCC([N+](=O)[O-])CC2)cc1. The maximum Gasteiger partial charge on any atom is 0.311 e. The average molecular weight is 519 g/mol. The molecule has 0 aromatic heterocycles. The van der Waals surface area contributed by atoms with Crippen molar-refractivity contribution in [2.75, 3.05) is 37.1 Å². The third-order valence-corrected chi connectivity index (χ3v) is 7.10. The van der Waals surface area contributed by atoms with Crippen LogP contribution >= 0.6 is 0 Å². The van der Waals surface area contributed by atoms with E-state index in [0.29, 0.717) is 38.6 Å². The Morgan fingerprint density at radius 1 is 1.14 bits per heavy atom. The van der Waals surface area contributed by atoms with E-state index < -0.39 is 16.9 Å². The second kappa shape index (κ2) is 13.3. The molecule has 0 fully saturated rings. The zero-order valence-electron chi connectivity index (χ0n) is 23.0. The standard InChI is InChI=1S/C27H42N4O6/c1-7-27(5,25(33)36-6)19-26(3,4)24(32)37-18-17-30(8-2)22-13-9-20(10-14-22)28-29-21-11-15-23(16-12-21)31(34)35/h9-11,13-14,23,28-29H,7-8,12,15-19H2,1-6H3. The zero-order valence-corrected chi connectivity index (χ0v) is 23.0. The van der Waals surface area contributed by atoms with Crippen molar-refractivity contribution >= 4 is 23.3 Å². The van der Waals surface area contributed by atoms with Crippen LogP contribution in [-0.2, 0) is 19.1 Å². The van der Waals surface area contributed by atoms with Crippen LogP contribution in [0.4, 0.5) is 11.4 Å². The molecule has 0 aliphatic heterocycles. The van der Waals surface area contributed by atoms with Gasteiger partial charge in [0, 0.05) is 35.7 Å². The van der Waals surface area contributed by atoms with Gasteiger partial charge in [0.05, 0.1) is 30.2 Å². The van der Waals surface area contributed by atoms with Crippen LogP contribution in [0.3, 0.4) is 0 Å². The third kappa shape index (κ3) is 8.36. The van der Waals surface area contributed by atoms with Crippen molar-refractivity contribution in [2.45, 2.75) is 72.8 Å². The molecule has 37 heavy (non-hydrogen) atoms. The summed E-state index contributed by atoms with van der Waals surface area (Å²) in [6.45, 7) is 10.9. The minimum atomic E-state index is -0.825. The van der Waals surface area contributed by atoms with Gasteiger partial charge in [-0.15, -0.1) is 0 Å². The molecule has 0 spiro atoms. The van der Waals surface area contributed by atoms with Gasteiger partial charge in [0.25, 0.3) is 0 Å². The van der Waals surface area contributed by atoms with Gasteiger partial charge in [-0.1, -0.05) is 13.0 Å². The van der Waals surface area contributed by atoms with Gasteiger partial charge < -0.3 is 25.2 Å². The van der Waals surface area contributed by atoms with Crippen molar-refractivity contribution in [1.29, 1.82) is 0 Å². The molecule has 10 nitrogen and oxygen atoms in total. The third-order valence-electron chi connectivity index (χ3n) is 7.10. The quantitative estimate of drug-likeness (QED) is 0.205. The highest BCUT2D eigenvalue weighted by atomic mass is 16.6. The molecule has 0 amide bonds. The molecule has 2 rings (SSSR count). The van der Waals surface area contributed by atoms with Crippen LogP contribution in [0.5, 0.6) is 0 Å². The van der Waals surface area contributed by atoms with Gasteiger partial charge in [-0.3, -0.25) is 19.7 Å². The van der Waals surface area contributed by atoms with Crippen LogP contribution in [0.15, 0.2) is 36.0 Å². The Bertz CT molecular complexity index is 962. The molecule has 1 aliphatic carbocycles. The number of anilines is 2. The predicted molar refractivity (Wildman–Crippen MR) is 144 cm³/mol. The van der Waals surface area contributed by atoms with Gasteiger partial charge in [0.1, 0.15) is 6.61 Å². The summed E-state index contributed by atoms with van der Waals surface area (Å²) in [6.07, 6.45) is 4.39. The highest BCUT2D eigenvalue weighted by Crippen LogP contribution is 2.38. The minimum absolute atomic E-state index is 0.214. The number of methoxy groups -OCH3 is 1. The van der Waals surface area contributed by atoms with Crippen LogP contribution in [-0.4, -0.2) is 49.7 Å². The monoisotopic (exact) mass is 518 g/mol. The van der Waals surface area contributed by atoms with E-state index in [-0.39, 0.29) is 23.5 Å². The molecule has 1 aromatic carbocycles. The van der Waals surface area contributed by atoms with Crippen molar-refractivity contribution in [3.05, 3.63) is 46.2 Å². The number of nitrogens with one attached hydrogen (secondary N) is 2. The molecular formula is C27H42N4O6. The number of benzene rings is 1. The molecule has 2 N–H and O–H groups in total. The number of nitrogens with zero attached hydrogens (tertiary/aromatic N) is 2. The van der Waals surface area contributed by atoms with E-state index in [1.165, 1.54) is 7.11 Å². The summed E-state index contributed by atoms with van der Waals surface area (Å²) in [7, 11) is 1.36. The van der Waals surface area contributed by atoms with E-state index in [2.05, 4.69) is 15.8 Å². The number of allylic oxidation sites excluding steroid dienone is 1. The summed E-state index contributed by atoms with van der Waals surface area (Å²) in [6, 6.07) is 7.37. The Morgan fingerprint density at radius 3 is 2.32 bits per heavy atom. The number of carbonyl (C=O) groups excluding carboxylic acids is 2. The molecule has 206 valence electrons. The first-order valence-corrected chi connectivity index (χ1v) is 12.9. The van der Waals surface area contributed by atoms with Crippen molar-refractivity contribution in [3.63, 3.8) is 0 Å². The Morgan fingerprint density at radius 2 is 1.81 bits per heavy atom. The summed E-state index contributed by atoms with van der Waals surface area (Å²) in [5.41, 5.74) is 7.53. The van der Waals surface area contributed by atoms with Gasteiger partial charge in [0.15, 0.2) is 0 Å². The van der Waals surface area contributed by atoms with Crippen LogP contribution < -0.4 is 15.8 Å². The second-order valence-electron chi connectivity index (χ2n) is 10.4. The summed E-state index contributed by atoms with van der Waals surface area (Å²) in [5.74, 6) is -0.653. The predicted octanol–water partition coefficient (Wildman–Crippen LogP) is 4.69. The molecule has 0 bridgehead atoms. The lowest BCUT2D eigenvalue weighted by Gasteiger charge is -2.33. The lowest BCUT2D eigenvalue weighted by atomic mass is 9.72. The number of nitro groups is 1. The number of hydrogen-bond donors (Lipinski definition) is 2. The number of carbonyl (C=O) groups is 2. The molecule has 0 saturated heterocycles. The highest BCUT2D eigenvalue weighted by molar-refractivity contribution is 5.80. The summed E-state index contributed by atoms with van der Waals surface area (Å²) in [5, 5.41) is 10.9. The fourth-order valence-electron chi connectivity index (χ4n) is 4.58. The lowest BCUT2D eigenvalue weighted by Crippen LogP contribution is -2.39. The lowest BCUT2D eigenvalue weighted by molar-refractivity contribution is -0.523. The van der Waals surface area contributed by atoms with Crippen molar-refractivity contribution in [1.82, 2.24) is 5.43 Å². The second-order valence-corrected chi connectivity index (χ2v) is 10.4. The number of hydrazine groups is 1. The normalized spacial score (nSPS) is 17.1. The van der Waals surface area contributed by atoms with E-state index in [1.54, 1.807) is 13.8 Å². The Labute approximate surface area is 219 Å². The first-order valence-electron chi connectivity index (χ1n) is 12.9. The van der Waals surface area contributed by atoms with E-state index in [1.807, 2.05) is 51.1 Å². The molecule has 1 aliphatic rings. The summed E-state index contributed by atoms with van der Waals surface area (Å²) >= 11 is 0. The van der Waals surface area contributed by atoms with E-state index >= 15 is 0 Å².